The van der Waals surface area contributed by atoms with Crippen LogP contribution in [0.2, 0.25) is 5.02 Å². The van der Waals surface area contributed by atoms with Crippen molar-refractivity contribution in [1.29, 1.82) is 0 Å². The number of amides is 1. The summed E-state index contributed by atoms with van der Waals surface area (Å²) in [4.78, 5) is 18.5. The second kappa shape index (κ2) is 8.25. The Morgan fingerprint density at radius 1 is 1.19 bits per heavy atom. The van der Waals surface area contributed by atoms with E-state index in [0.29, 0.717) is 13.1 Å². The summed E-state index contributed by atoms with van der Waals surface area (Å²) in [6, 6.07) is 8.02. The summed E-state index contributed by atoms with van der Waals surface area (Å²) in [5.41, 5.74) is 0.623. The number of nitrogens with zero attached hydrogens (tertiary/aromatic N) is 3. The lowest BCUT2D eigenvalue weighted by atomic mass is 9.99. The van der Waals surface area contributed by atoms with E-state index >= 15 is 0 Å². The fraction of sp³-hybridized carbons (Fsp3) is 0.650. The van der Waals surface area contributed by atoms with Gasteiger partial charge in [-0.25, -0.2) is 4.79 Å². The van der Waals surface area contributed by atoms with E-state index < -0.39 is 11.7 Å². The van der Waals surface area contributed by atoms with Crippen LogP contribution in [-0.4, -0.2) is 78.0 Å². The first kappa shape index (κ1) is 20.2. The first-order valence-electron chi connectivity index (χ1n) is 9.63. The Bertz CT molecular complexity index is 656. The molecule has 0 radical (unpaired) electrons. The molecule has 2 aliphatic heterocycles. The van der Waals surface area contributed by atoms with Crippen molar-refractivity contribution in [3.63, 3.8) is 0 Å². The van der Waals surface area contributed by atoms with Crippen LogP contribution in [0.1, 0.15) is 27.2 Å². The van der Waals surface area contributed by atoms with Gasteiger partial charge in [0, 0.05) is 49.5 Å². The summed E-state index contributed by atoms with van der Waals surface area (Å²) >= 11 is 6.10. The zero-order valence-corrected chi connectivity index (χ0v) is 17.2. The third-order valence-corrected chi connectivity index (χ3v) is 5.39. The van der Waals surface area contributed by atoms with Gasteiger partial charge in [0.05, 0.1) is 12.6 Å². The molecule has 1 aromatic rings. The minimum absolute atomic E-state index is 0.0881. The van der Waals surface area contributed by atoms with Gasteiger partial charge in [-0.2, -0.15) is 0 Å². The molecule has 2 aliphatic rings. The molecule has 27 heavy (non-hydrogen) atoms. The Morgan fingerprint density at radius 3 is 2.48 bits per heavy atom. The minimum atomic E-state index is -0.552. The quantitative estimate of drug-likeness (QED) is 0.834. The molecule has 3 rings (SSSR count). The van der Waals surface area contributed by atoms with Crippen molar-refractivity contribution in [1.82, 2.24) is 9.80 Å². The number of anilines is 1. The van der Waals surface area contributed by atoms with E-state index in [0.717, 1.165) is 43.3 Å². The molecule has 6 nitrogen and oxygen atoms in total. The molecule has 1 N–H and O–H groups in total. The number of ether oxygens (including phenoxy) is 1. The summed E-state index contributed by atoms with van der Waals surface area (Å²) in [7, 11) is 0. The number of benzene rings is 1. The van der Waals surface area contributed by atoms with Gasteiger partial charge in [0.15, 0.2) is 0 Å². The van der Waals surface area contributed by atoms with Crippen molar-refractivity contribution in [2.45, 2.75) is 44.9 Å². The van der Waals surface area contributed by atoms with Gasteiger partial charge < -0.3 is 19.6 Å². The lowest BCUT2D eigenvalue weighted by Gasteiger charge is -2.45. The third-order valence-electron chi connectivity index (χ3n) is 5.15. The number of rotatable bonds is 2. The molecule has 1 amide bonds. The molecule has 0 saturated carbocycles. The number of piperazine rings is 1. The molecule has 0 spiro atoms. The maximum atomic E-state index is 12.2. The molecule has 2 saturated heterocycles. The van der Waals surface area contributed by atoms with E-state index in [1.54, 1.807) is 4.90 Å². The van der Waals surface area contributed by atoms with E-state index in [2.05, 4.69) is 15.9 Å². The maximum Gasteiger partial charge on any atom is 0.410 e. The van der Waals surface area contributed by atoms with E-state index in [9.17, 15) is 9.90 Å². The molecule has 0 bridgehead atoms. The number of β-amino-alcohol motifs (C(OH)–C–C–N with tert-alkyl or cyclic N) is 1. The van der Waals surface area contributed by atoms with E-state index in [4.69, 9.17) is 16.3 Å². The molecule has 7 heteroatoms. The number of hydrogen-bond acceptors (Lipinski definition) is 5. The number of carbonyl (C=O) groups is 1. The van der Waals surface area contributed by atoms with Crippen molar-refractivity contribution in [2.24, 2.45) is 0 Å². The normalized spacial score (nSPS) is 24.8. The average molecular weight is 396 g/mol. The van der Waals surface area contributed by atoms with E-state index in [1.165, 1.54) is 0 Å². The molecular weight excluding hydrogens is 366 g/mol. The fourth-order valence-electron chi connectivity index (χ4n) is 3.82. The van der Waals surface area contributed by atoms with Gasteiger partial charge in [-0.1, -0.05) is 17.7 Å². The van der Waals surface area contributed by atoms with Crippen molar-refractivity contribution >= 4 is 23.4 Å². The van der Waals surface area contributed by atoms with Crippen LogP contribution < -0.4 is 4.90 Å². The highest BCUT2D eigenvalue weighted by molar-refractivity contribution is 6.30. The van der Waals surface area contributed by atoms with Gasteiger partial charge in [-0.15, -0.1) is 0 Å². The number of likely N-dealkylation sites (tertiary alicyclic amines) is 1. The van der Waals surface area contributed by atoms with Crippen LogP contribution >= 0.6 is 11.6 Å². The van der Waals surface area contributed by atoms with Crippen molar-refractivity contribution in [2.75, 3.05) is 44.2 Å². The largest absolute Gasteiger partial charge is 0.444 e. The van der Waals surface area contributed by atoms with Crippen LogP contribution in [0.15, 0.2) is 24.3 Å². The molecule has 0 aromatic heterocycles. The Hall–Kier alpha value is -1.50. The second-order valence-corrected chi connectivity index (χ2v) is 8.79. The Kier molecular flexibility index (Phi) is 6.18. The summed E-state index contributed by atoms with van der Waals surface area (Å²) < 4.78 is 5.42. The van der Waals surface area contributed by atoms with Gasteiger partial charge in [0.1, 0.15) is 5.60 Å². The molecule has 2 unspecified atom stereocenters. The Labute approximate surface area is 166 Å². The number of hydrogen-bond donors (Lipinski definition) is 1. The first-order chi connectivity index (χ1) is 12.7. The van der Waals surface area contributed by atoms with Crippen LogP contribution in [0.5, 0.6) is 0 Å². The Morgan fingerprint density at radius 2 is 1.89 bits per heavy atom. The minimum Gasteiger partial charge on any atom is -0.444 e. The standard InChI is InChI=1S/C20H30ClN3O3/c1-20(2,3)27-19(26)24-8-7-17(18(25)14-24)23-11-9-22(10-12-23)16-6-4-5-15(21)13-16/h4-6,13,17-18,25H,7-12,14H2,1-3H3. The van der Waals surface area contributed by atoms with Crippen LogP contribution in [0.4, 0.5) is 10.5 Å². The molecule has 150 valence electrons. The number of aliphatic hydroxyl groups excluding tert-OH is 1. The van der Waals surface area contributed by atoms with E-state index in [1.807, 2.05) is 39.0 Å². The summed E-state index contributed by atoms with van der Waals surface area (Å²) in [5.74, 6) is 0. The SMILES string of the molecule is CC(C)(C)OC(=O)N1CCC(N2CCN(c3cccc(Cl)c3)CC2)C(O)C1. The number of piperidine rings is 1. The maximum absolute atomic E-state index is 12.2. The highest BCUT2D eigenvalue weighted by atomic mass is 35.5. The lowest BCUT2D eigenvalue weighted by molar-refractivity contribution is -0.0303. The Balaban J connectivity index is 1.51. The molecule has 2 heterocycles. The van der Waals surface area contributed by atoms with Crippen LogP contribution in [0.25, 0.3) is 0 Å². The first-order valence-corrected chi connectivity index (χ1v) is 10.0. The van der Waals surface area contributed by atoms with Crippen molar-refractivity contribution in [3.05, 3.63) is 29.3 Å². The summed E-state index contributed by atoms with van der Waals surface area (Å²) in [6.07, 6.45) is -0.132. The topological polar surface area (TPSA) is 56.2 Å². The summed E-state index contributed by atoms with van der Waals surface area (Å²) in [6.45, 7) is 10.1. The smallest absolute Gasteiger partial charge is 0.410 e. The number of carbonyl (C=O) groups excluding carboxylic acids is 1. The zero-order chi connectivity index (χ0) is 19.6. The van der Waals surface area contributed by atoms with Crippen LogP contribution in [0, 0.1) is 0 Å². The highest BCUT2D eigenvalue weighted by Gasteiger charge is 2.36. The predicted octanol–water partition coefficient (Wildman–Crippen LogP) is 2.83. The molecule has 2 fully saturated rings. The van der Waals surface area contributed by atoms with Crippen LogP contribution in [-0.2, 0) is 4.74 Å². The number of aliphatic hydroxyl groups is 1. The molecule has 0 aliphatic carbocycles. The van der Waals surface area contributed by atoms with E-state index in [-0.39, 0.29) is 12.1 Å². The fourth-order valence-corrected chi connectivity index (χ4v) is 4.01. The molecule has 2 atom stereocenters. The molecule has 1 aromatic carbocycles. The third kappa shape index (κ3) is 5.27. The monoisotopic (exact) mass is 395 g/mol. The average Bonchev–Trinajstić information content (AvgIpc) is 2.60. The van der Waals surface area contributed by atoms with Crippen LogP contribution in [0.3, 0.4) is 0 Å². The predicted molar refractivity (Wildman–Crippen MR) is 107 cm³/mol. The van der Waals surface area contributed by atoms with Gasteiger partial charge in [0.2, 0.25) is 0 Å². The summed E-state index contributed by atoms with van der Waals surface area (Å²) in [5, 5.41) is 11.4. The number of halogens is 1. The highest BCUT2D eigenvalue weighted by Crippen LogP contribution is 2.24. The van der Waals surface area contributed by atoms with Gasteiger partial charge >= 0.3 is 6.09 Å². The van der Waals surface area contributed by atoms with Crippen molar-refractivity contribution < 1.29 is 14.6 Å². The zero-order valence-electron chi connectivity index (χ0n) is 16.4. The van der Waals surface area contributed by atoms with Gasteiger partial charge in [-0.3, -0.25) is 4.90 Å². The van der Waals surface area contributed by atoms with Gasteiger partial charge in [0.25, 0.3) is 0 Å². The lowest BCUT2D eigenvalue weighted by Crippen LogP contribution is -2.59. The van der Waals surface area contributed by atoms with Gasteiger partial charge in [-0.05, 0) is 45.4 Å². The van der Waals surface area contributed by atoms with Crippen molar-refractivity contribution in [3.8, 4) is 0 Å². The molecular formula is C20H30ClN3O3. The second-order valence-electron chi connectivity index (χ2n) is 8.35.